The zero-order valence-electron chi connectivity index (χ0n) is 8.46. The molecule has 1 aromatic heterocycles. The minimum Gasteiger partial charge on any atom is -0.271 e. The molecular formula is C10H17N3. The average molecular weight is 179 g/mol. The van der Waals surface area contributed by atoms with Crippen molar-refractivity contribution in [2.24, 2.45) is 5.84 Å². The van der Waals surface area contributed by atoms with Gasteiger partial charge < -0.3 is 0 Å². The van der Waals surface area contributed by atoms with Crippen LogP contribution < -0.4 is 11.3 Å². The Morgan fingerprint density at radius 2 is 2.23 bits per heavy atom. The van der Waals surface area contributed by atoms with Crippen molar-refractivity contribution in [2.75, 3.05) is 0 Å². The van der Waals surface area contributed by atoms with Crippen LogP contribution in [0.4, 0.5) is 0 Å². The van der Waals surface area contributed by atoms with Gasteiger partial charge in [-0.15, -0.1) is 0 Å². The number of nitrogens with zero attached hydrogens (tertiary/aromatic N) is 1. The molecule has 1 atom stereocenters. The van der Waals surface area contributed by atoms with Crippen LogP contribution in [0.15, 0.2) is 12.3 Å². The first-order chi connectivity index (χ1) is 6.19. The largest absolute Gasteiger partial charge is 0.271 e. The lowest BCUT2D eigenvalue weighted by Gasteiger charge is -2.14. The van der Waals surface area contributed by atoms with Crippen molar-refractivity contribution in [3.05, 3.63) is 29.1 Å². The Hall–Kier alpha value is -0.930. The highest BCUT2D eigenvalue weighted by molar-refractivity contribution is 5.25. The normalized spacial score (nSPS) is 12.9. The molecule has 3 nitrogen and oxygen atoms in total. The number of nitrogens with one attached hydrogen (secondary N) is 1. The Balaban J connectivity index is 2.95. The van der Waals surface area contributed by atoms with Gasteiger partial charge in [0, 0.05) is 17.9 Å². The van der Waals surface area contributed by atoms with Gasteiger partial charge in [-0.1, -0.05) is 13.0 Å². The summed E-state index contributed by atoms with van der Waals surface area (Å²) in [5.74, 6) is 5.43. The zero-order chi connectivity index (χ0) is 9.84. The molecule has 3 heteroatoms. The summed E-state index contributed by atoms with van der Waals surface area (Å²) in [5.41, 5.74) is 6.23. The summed E-state index contributed by atoms with van der Waals surface area (Å²) in [6.45, 7) is 6.17. The summed E-state index contributed by atoms with van der Waals surface area (Å²) < 4.78 is 0. The van der Waals surface area contributed by atoms with Gasteiger partial charge in [0.15, 0.2) is 0 Å². The van der Waals surface area contributed by atoms with E-state index in [1.807, 2.05) is 13.1 Å². The van der Waals surface area contributed by atoms with Crippen LogP contribution in [0.25, 0.3) is 0 Å². The quantitative estimate of drug-likeness (QED) is 0.547. The first-order valence-electron chi connectivity index (χ1n) is 4.58. The molecule has 1 unspecified atom stereocenters. The van der Waals surface area contributed by atoms with Gasteiger partial charge in [-0.3, -0.25) is 16.3 Å². The lowest BCUT2D eigenvalue weighted by molar-refractivity contribution is 0.537. The lowest BCUT2D eigenvalue weighted by atomic mass is 10.0. The van der Waals surface area contributed by atoms with Crippen molar-refractivity contribution >= 4 is 0 Å². The van der Waals surface area contributed by atoms with E-state index < -0.39 is 0 Å². The van der Waals surface area contributed by atoms with E-state index >= 15 is 0 Å². The molecular weight excluding hydrogens is 162 g/mol. The Kier molecular flexibility index (Phi) is 3.39. The van der Waals surface area contributed by atoms with Crippen LogP contribution >= 0.6 is 0 Å². The molecule has 3 N–H and O–H groups in total. The first-order valence-corrected chi connectivity index (χ1v) is 4.58. The van der Waals surface area contributed by atoms with E-state index in [0.717, 1.165) is 17.7 Å². The summed E-state index contributed by atoms with van der Waals surface area (Å²) in [4.78, 5) is 4.30. The zero-order valence-corrected chi connectivity index (χ0v) is 8.46. The highest BCUT2D eigenvalue weighted by atomic mass is 15.2. The molecule has 0 aliphatic heterocycles. The predicted octanol–water partition coefficient (Wildman–Crippen LogP) is 1.61. The fourth-order valence-electron chi connectivity index (χ4n) is 1.31. The van der Waals surface area contributed by atoms with Gasteiger partial charge in [0.05, 0.1) is 0 Å². The van der Waals surface area contributed by atoms with E-state index in [-0.39, 0.29) is 6.04 Å². The molecule has 0 aromatic carbocycles. The second-order valence-corrected chi connectivity index (χ2v) is 3.30. The van der Waals surface area contributed by atoms with Crippen LogP contribution in [0.2, 0.25) is 0 Å². The summed E-state index contributed by atoms with van der Waals surface area (Å²) >= 11 is 0. The number of hydrogen-bond donors (Lipinski definition) is 2. The van der Waals surface area contributed by atoms with Crippen molar-refractivity contribution < 1.29 is 0 Å². The van der Waals surface area contributed by atoms with E-state index in [1.54, 1.807) is 0 Å². The van der Waals surface area contributed by atoms with Crippen LogP contribution in [0.1, 0.15) is 36.2 Å². The van der Waals surface area contributed by atoms with Gasteiger partial charge in [0.25, 0.3) is 0 Å². The monoisotopic (exact) mass is 179 g/mol. The maximum absolute atomic E-state index is 5.43. The van der Waals surface area contributed by atoms with Crippen molar-refractivity contribution in [3.8, 4) is 0 Å². The average Bonchev–Trinajstić information content (AvgIpc) is 2.13. The van der Waals surface area contributed by atoms with Gasteiger partial charge in [0.1, 0.15) is 0 Å². The molecule has 0 saturated heterocycles. The third-order valence-corrected chi connectivity index (χ3v) is 2.37. The van der Waals surface area contributed by atoms with E-state index in [4.69, 9.17) is 5.84 Å². The van der Waals surface area contributed by atoms with Crippen molar-refractivity contribution in [3.63, 3.8) is 0 Å². The number of rotatable bonds is 3. The number of hydrazine groups is 1. The van der Waals surface area contributed by atoms with E-state index in [1.165, 1.54) is 5.56 Å². The smallest absolute Gasteiger partial charge is 0.0472 e. The molecule has 1 aromatic rings. The molecule has 72 valence electrons. The van der Waals surface area contributed by atoms with Gasteiger partial charge in [0.2, 0.25) is 0 Å². The molecule has 0 fully saturated rings. The number of aryl methyl sites for hydroxylation is 2. The molecule has 1 heterocycles. The number of aromatic nitrogens is 1. The van der Waals surface area contributed by atoms with Crippen LogP contribution in [0, 0.1) is 13.8 Å². The maximum atomic E-state index is 5.43. The summed E-state index contributed by atoms with van der Waals surface area (Å²) in [6.07, 6.45) is 2.86. The van der Waals surface area contributed by atoms with Crippen molar-refractivity contribution in [2.45, 2.75) is 33.2 Å². The number of hydrogen-bond acceptors (Lipinski definition) is 3. The SMILES string of the molecule is CCC(NN)c1cnc(C)c(C)c1. The predicted molar refractivity (Wildman–Crippen MR) is 54.1 cm³/mol. The fourth-order valence-corrected chi connectivity index (χ4v) is 1.31. The lowest BCUT2D eigenvalue weighted by Crippen LogP contribution is -2.27. The Morgan fingerprint density at radius 1 is 1.54 bits per heavy atom. The number of pyridine rings is 1. The fraction of sp³-hybridized carbons (Fsp3) is 0.500. The molecule has 0 spiro atoms. The molecule has 0 bridgehead atoms. The minimum atomic E-state index is 0.215. The van der Waals surface area contributed by atoms with E-state index in [9.17, 15) is 0 Å². The summed E-state index contributed by atoms with van der Waals surface area (Å²) in [5, 5.41) is 0. The molecule has 1 rings (SSSR count). The van der Waals surface area contributed by atoms with Gasteiger partial charge in [-0.2, -0.15) is 0 Å². The van der Waals surface area contributed by atoms with Gasteiger partial charge in [-0.05, 0) is 31.4 Å². The third-order valence-electron chi connectivity index (χ3n) is 2.37. The summed E-state index contributed by atoms with van der Waals surface area (Å²) in [7, 11) is 0. The summed E-state index contributed by atoms with van der Waals surface area (Å²) in [6, 6.07) is 2.35. The number of nitrogens with two attached hydrogens (primary N) is 1. The second kappa shape index (κ2) is 4.35. The van der Waals surface area contributed by atoms with Gasteiger partial charge >= 0.3 is 0 Å². The molecule has 0 saturated carbocycles. The first kappa shape index (κ1) is 10.2. The maximum Gasteiger partial charge on any atom is 0.0472 e. The van der Waals surface area contributed by atoms with E-state index in [0.29, 0.717) is 0 Å². The third kappa shape index (κ3) is 2.26. The molecule has 0 amide bonds. The van der Waals surface area contributed by atoms with Crippen molar-refractivity contribution in [1.29, 1.82) is 0 Å². The van der Waals surface area contributed by atoms with Crippen molar-refractivity contribution in [1.82, 2.24) is 10.4 Å². The topological polar surface area (TPSA) is 50.9 Å². The highest BCUT2D eigenvalue weighted by Gasteiger charge is 2.07. The Labute approximate surface area is 79.3 Å². The minimum absolute atomic E-state index is 0.215. The molecule has 0 aliphatic carbocycles. The van der Waals surface area contributed by atoms with E-state index in [2.05, 4.69) is 30.3 Å². The van der Waals surface area contributed by atoms with Crippen LogP contribution in [-0.2, 0) is 0 Å². The molecule has 0 radical (unpaired) electrons. The molecule has 13 heavy (non-hydrogen) atoms. The second-order valence-electron chi connectivity index (χ2n) is 3.30. The van der Waals surface area contributed by atoms with Crippen LogP contribution in [0.5, 0.6) is 0 Å². The Bertz CT molecular complexity index is 279. The van der Waals surface area contributed by atoms with Crippen LogP contribution in [-0.4, -0.2) is 4.98 Å². The highest BCUT2D eigenvalue weighted by Crippen LogP contribution is 2.16. The standard InChI is InChI=1S/C10H17N3/c1-4-10(13-11)9-5-7(2)8(3)12-6-9/h5-6,10,13H,4,11H2,1-3H3. The Morgan fingerprint density at radius 3 is 2.69 bits per heavy atom. The molecule has 0 aliphatic rings. The van der Waals surface area contributed by atoms with Gasteiger partial charge in [-0.25, -0.2) is 0 Å². The van der Waals surface area contributed by atoms with Crippen LogP contribution in [0.3, 0.4) is 0 Å².